The van der Waals surface area contributed by atoms with Gasteiger partial charge in [-0.2, -0.15) is 0 Å². The van der Waals surface area contributed by atoms with Crippen LogP contribution in [0.25, 0.3) is 0 Å². The number of rotatable bonds is 3. The molecule has 1 heterocycles. The van der Waals surface area contributed by atoms with Crippen LogP contribution in [0.3, 0.4) is 0 Å². The van der Waals surface area contributed by atoms with E-state index in [9.17, 15) is 0 Å². The third kappa shape index (κ3) is 2.58. The summed E-state index contributed by atoms with van der Waals surface area (Å²) in [6.07, 6.45) is 9.55. The Morgan fingerprint density at radius 3 is 2.00 bits per heavy atom. The number of piperidine rings is 1. The largest absolute Gasteiger partial charge is 0.330 e. The maximum atomic E-state index is 5.87. The Kier molecular flexibility index (Phi) is 4.22. The molecule has 0 unspecified atom stereocenters. The molecule has 1 saturated carbocycles. The summed E-state index contributed by atoms with van der Waals surface area (Å²) in [5, 5.41) is 0. The molecule has 1 aliphatic heterocycles. The Morgan fingerprint density at radius 1 is 0.938 bits per heavy atom. The van der Waals surface area contributed by atoms with E-state index in [0.717, 1.165) is 19.1 Å². The molecule has 0 bridgehead atoms. The summed E-state index contributed by atoms with van der Waals surface area (Å²) >= 11 is 0. The summed E-state index contributed by atoms with van der Waals surface area (Å²) in [5.41, 5.74) is 12.0. The van der Waals surface area contributed by atoms with Gasteiger partial charge in [-0.3, -0.25) is 0 Å². The van der Waals surface area contributed by atoms with E-state index < -0.39 is 0 Å². The van der Waals surface area contributed by atoms with Gasteiger partial charge < -0.3 is 16.4 Å². The molecule has 1 saturated heterocycles. The van der Waals surface area contributed by atoms with Gasteiger partial charge in [0.05, 0.1) is 0 Å². The Balaban J connectivity index is 1.84. The van der Waals surface area contributed by atoms with Gasteiger partial charge in [0.2, 0.25) is 0 Å². The average Bonchev–Trinajstić information content (AvgIpc) is 2.40. The maximum Gasteiger partial charge on any atom is 0.00952 e. The number of hydrogen-bond acceptors (Lipinski definition) is 3. The lowest BCUT2D eigenvalue weighted by Gasteiger charge is -2.44. The lowest BCUT2D eigenvalue weighted by Crippen LogP contribution is -2.50. The van der Waals surface area contributed by atoms with Crippen LogP contribution in [0.4, 0.5) is 0 Å². The highest BCUT2D eigenvalue weighted by atomic mass is 15.2. The van der Waals surface area contributed by atoms with E-state index in [-0.39, 0.29) is 5.41 Å². The molecule has 0 aromatic carbocycles. The van der Waals surface area contributed by atoms with Crippen molar-refractivity contribution in [2.45, 2.75) is 51.0 Å². The van der Waals surface area contributed by atoms with Crippen molar-refractivity contribution in [2.75, 3.05) is 26.2 Å². The monoisotopic (exact) mass is 225 g/mol. The highest BCUT2D eigenvalue weighted by Gasteiger charge is 2.34. The fraction of sp³-hybridized carbons (Fsp3) is 1.00. The number of nitrogens with two attached hydrogens (primary N) is 2. The van der Waals surface area contributed by atoms with Crippen molar-refractivity contribution in [3.63, 3.8) is 0 Å². The van der Waals surface area contributed by atoms with Gasteiger partial charge in [0.1, 0.15) is 0 Å². The molecule has 2 aliphatic rings. The van der Waals surface area contributed by atoms with Crippen molar-refractivity contribution in [1.29, 1.82) is 0 Å². The Bertz CT molecular complexity index is 197. The second-order valence-corrected chi connectivity index (χ2v) is 5.74. The van der Waals surface area contributed by atoms with Crippen LogP contribution >= 0.6 is 0 Å². The van der Waals surface area contributed by atoms with Crippen LogP contribution in [0, 0.1) is 5.41 Å². The fourth-order valence-electron chi connectivity index (χ4n) is 3.30. The van der Waals surface area contributed by atoms with Crippen LogP contribution in [-0.4, -0.2) is 37.1 Å². The zero-order valence-electron chi connectivity index (χ0n) is 10.5. The second kappa shape index (κ2) is 5.48. The van der Waals surface area contributed by atoms with Gasteiger partial charge in [-0.15, -0.1) is 0 Å². The average molecular weight is 225 g/mol. The molecule has 3 heteroatoms. The molecule has 1 aliphatic carbocycles. The Morgan fingerprint density at radius 2 is 1.50 bits per heavy atom. The van der Waals surface area contributed by atoms with Crippen molar-refractivity contribution in [3.8, 4) is 0 Å². The topological polar surface area (TPSA) is 55.3 Å². The lowest BCUT2D eigenvalue weighted by atomic mass is 9.77. The highest BCUT2D eigenvalue weighted by molar-refractivity contribution is 4.90. The summed E-state index contributed by atoms with van der Waals surface area (Å²) in [6, 6.07) is 0.863. The molecule has 0 amide bonds. The van der Waals surface area contributed by atoms with E-state index in [1.165, 1.54) is 58.0 Å². The zero-order chi connectivity index (χ0) is 11.4. The molecule has 0 radical (unpaired) electrons. The first kappa shape index (κ1) is 12.3. The van der Waals surface area contributed by atoms with E-state index >= 15 is 0 Å². The minimum Gasteiger partial charge on any atom is -0.330 e. The summed E-state index contributed by atoms with van der Waals surface area (Å²) < 4.78 is 0. The lowest BCUT2D eigenvalue weighted by molar-refractivity contribution is 0.0665. The first-order valence-electron chi connectivity index (χ1n) is 6.94. The summed E-state index contributed by atoms with van der Waals surface area (Å²) in [5.74, 6) is 0. The quantitative estimate of drug-likeness (QED) is 0.761. The van der Waals surface area contributed by atoms with Crippen LogP contribution in [0.2, 0.25) is 0 Å². The van der Waals surface area contributed by atoms with Gasteiger partial charge in [-0.05, 0) is 57.3 Å². The summed E-state index contributed by atoms with van der Waals surface area (Å²) in [7, 11) is 0. The van der Waals surface area contributed by atoms with Crippen LogP contribution in [0.5, 0.6) is 0 Å². The molecule has 94 valence electrons. The van der Waals surface area contributed by atoms with Gasteiger partial charge in [0, 0.05) is 6.04 Å². The van der Waals surface area contributed by atoms with E-state index in [1.807, 2.05) is 0 Å². The van der Waals surface area contributed by atoms with Gasteiger partial charge in [-0.25, -0.2) is 0 Å². The van der Waals surface area contributed by atoms with Crippen molar-refractivity contribution < 1.29 is 0 Å². The maximum absolute atomic E-state index is 5.87. The van der Waals surface area contributed by atoms with E-state index in [2.05, 4.69) is 4.90 Å². The molecule has 2 rings (SSSR count). The molecule has 2 fully saturated rings. The van der Waals surface area contributed by atoms with Crippen LogP contribution in [0.1, 0.15) is 44.9 Å². The van der Waals surface area contributed by atoms with E-state index in [4.69, 9.17) is 11.5 Å². The fourth-order valence-corrected chi connectivity index (χ4v) is 3.30. The normalized spacial score (nSPS) is 28.1. The molecule has 0 aromatic heterocycles. The summed E-state index contributed by atoms with van der Waals surface area (Å²) in [6.45, 7) is 3.97. The third-order valence-electron chi connectivity index (χ3n) is 4.82. The SMILES string of the molecule is NCC1(CN)CCN(C2CCCCC2)CC1. The van der Waals surface area contributed by atoms with Gasteiger partial charge >= 0.3 is 0 Å². The van der Waals surface area contributed by atoms with Crippen molar-refractivity contribution in [1.82, 2.24) is 4.90 Å². The molecule has 4 N–H and O–H groups in total. The van der Waals surface area contributed by atoms with Crippen molar-refractivity contribution >= 4 is 0 Å². The van der Waals surface area contributed by atoms with Gasteiger partial charge in [-0.1, -0.05) is 19.3 Å². The van der Waals surface area contributed by atoms with Gasteiger partial charge in [0.15, 0.2) is 0 Å². The number of hydrogen-bond donors (Lipinski definition) is 2. The second-order valence-electron chi connectivity index (χ2n) is 5.74. The standard InChI is InChI=1S/C13H27N3/c14-10-13(11-15)6-8-16(9-7-13)12-4-2-1-3-5-12/h12H,1-11,14-15H2. The smallest absolute Gasteiger partial charge is 0.00952 e. The van der Waals surface area contributed by atoms with E-state index in [1.54, 1.807) is 0 Å². The molecular formula is C13H27N3. The molecule has 0 aromatic rings. The Labute approximate surface area is 99.5 Å². The minimum absolute atomic E-state index is 0.255. The van der Waals surface area contributed by atoms with Crippen LogP contribution < -0.4 is 11.5 Å². The first-order chi connectivity index (χ1) is 7.79. The molecule has 16 heavy (non-hydrogen) atoms. The predicted molar refractivity (Wildman–Crippen MR) is 68.2 cm³/mol. The molecule has 0 atom stereocenters. The number of likely N-dealkylation sites (tertiary alicyclic amines) is 1. The minimum atomic E-state index is 0.255. The van der Waals surface area contributed by atoms with Gasteiger partial charge in [0.25, 0.3) is 0 Å². The van der Waals surface area contributed by atoms with Crippen LogP contribution in [-0.2, 0) is 0 Å². The zero-order valence-corrected chi connectivity index (χ0v) is 10.5. The van der Waals surface area contributed by atoms with Crippen molar-refractivity contribution in [3.05, 3.63) is 0 Å². The molecule has 0 spiro atoms. The number of nitrogens with zero attached hydrogens (tertiary/aromatic N) is 1. The summed E-state index contributed by atoms with van der Waals surface area (Å²) in [4.78, 5) is 2.70. The molecular weight excluding hydrogens is 198 g/mol. The van der Waals surface area contributed by atoms with Crippen LogP contribution in [0.15, 0.2) is 0 Å². The van der Waals surface area contributed by atoms with Crippen molar-refractivity contribution in [2.24, 2.45) is 16.9 Å². The molecule has 3 nitrogen and oxygen atoms in total. The third-order valence-corrected chi connectivity index (χ3v) is 4.82. The predicted octanol–water partition coefficient (Wildman–Crippen LogP) is 1.32. The highest BCUT2D eigenvalue weighted by Crippen LogP contribution is 2.32. The van der Waals surface area contributed by atoms with E-state index in [0.29, 0.717) is 0 Å². The Hall–Kier alpha value is -0.120. The first-order valence-corrected chi connectivity index (χ1v) is 6.94.